The molecular weight excluding hydrogens is 686 g/mol. The van der Waals surface area contributed by atoms with Gasteiger partial charge in [0.25, 0.3) is 0 Å². The Kier molecular flexibility index (Phi) is 11.8. The molecule has 0 spiro atoms. The van der Waals surface area contributed by atoms with E-state index in [-0.39, 0.29) is 43.7 Å². The monoisotopic (exact) mass is 741 g/mol. The molecule has 2 saturated heterocycles. The van der Waals surface area contributed by atoms with Gasteiger partial charge in [-0.05, 0) is 64.5 Å². The lowest BCUT2D eigenvalue weighted by Gasteiger charge is -2.30. The number of fused-ring (bicyclic) bond motifs is 3. The third-order valence-corrected chi connectivity index (χ3v) is 11.0. The number of aromatic nitrogens is 1. The summed E-state index contributed by atoms with van der Waals surface area (Å²) in [7, 11) is 1.60. The third kappa shape index (κ3) is 8.82. The minimum atomic E-state index is -1.14. The fraction of sp³-hybridized carbons (Fsp3) is 0.558. The van der Waals surface area contributed by atoms with Crippen LogP contribution in [0, 0.1) is 17.8 Å². The van der Waals surface area contributed by atoms with Gasteiger partial charge in [0, 0.05) is 35.4 Å². The molecule has 3 aromatic rings. The van der Waals surface area contributed by atoms with Crippen molar-refractivity contribution < 1.29 is 38.1 Å². The van der Waals surface area contributed by atoms with Gasteiger partial charge in [-0.25, -0.2) is 9.78 Å². The molecule has 11 heteroatoms. The van der Waals surface area contributed by atoms with Crippen molar-refractivity contribution in [1.29, 1.82) is 0 Å². The summed E-state index contributed by atoms with van der Waals surface area (Å²) in [5, 5.41) is 3.87. The maximum Gasteiger partial charge on any atom is 0.332 e. The first-order valence-electron chi connectivity index (χ1n) is 19.5. The SMILES string of the molecule is CCOC(=O)[C@@]12C[C@H]1C(C)CCCCCC[C@H](CC(=O)OC(C)(C)C)C(=O)N1C[C@H](Oc3cc(-c4ccccc4)nc4cc(OC)ccc34)C[C@H]1C(=O)N2. The number of pyridine rings is 1. The average Bonchev–Trinajstić information content (AvgIpc) is 3.72. The van der Waals surface area contributed by atoms with Gasteiger partial charge in [0.05, 0.1) is 37.9 Å². The minimum Gasteiger partial charge on any atom is -0.497 e. The minimum absolute atomic E-state index is 0.0558. The summed E-state index contributed by atoms with van der Waals surface area (Å²) in [5.41, 5.74) is 0.444. The van der Waals surface area contributed by atoms with E-state index in [0.29, 0.717) is 35.6 Å². The van der Waals surface area contributed by atoms with E-state index >= 15 is 0 Å². The molecular formula is C43H55N3O8. The van der Waals surface area contributed by atoms with Gasteiger partial charge in [0.15, 0.2) is 0 Å². The summed E-state index contributed by atoms with van der Waals surface area (Å²) in [6.07, 6.45) is 5.07. The molecule has 290 valence electrons. The van der Waals surface area contributed by atoms with Crippen LogP contribution in [-0.4, -0.2) is 77.2 Å². The van der Waals surface area contributed by atoms with Crippen LogP contribution in [-0.2, 0) is 28.7 Å². The lowest BCUT2D eigenvalue weighted by molar-refractivity contribution is -0.159. The Morgan fingerprint density at radius 2 is 1.74 bits per heavy atom. The largest absolute Gasteiger partial charge is 0.497 e. The summed E-state index contributed by atoms with van der Waals surface area (Å²) in [5.74, 6) is -0.905. The Labute approximate surface area is 318 Å². The van der Waals surface area contributed by atoms with Crippen LogP contribution in [0.1, 0.15) is 92.4 Å². The summed E-state index contributed by atoms with van der Waals surface area (Å²) in [6, 6.07) is 16.3. The zero-order chi connectivity index (χ0) is 38.6. The maximum atomic E-state index is 14.7. The number of benzene rings is 2. The van der Waals surface area contributed by atoms with Gasteiger partial charge >= 0.3 is 11.9 Å². The highest BCUT2D eigenvalue weighted by Crippen LogP contribution is 2.51. The van der Waals surface area contributed by atoms with Crippen molar-refractivity contribution >= 4 is 34.7 Å². The molecule has 1 unspecified atom stereocenters. The highest BCUT2D eigenvalue weighted by Gasteiger charge is 2.64. The first kappa shape index (κ1) is 39.0. The lowest BCUT2D eigenvalue weighted by Crippen LogP contribution is -2.54. The number of carbonyl (C=O) groups is 4. The molecule has 3 aliphatic rings. The van der Waals surface area contributed by atoms with Crippen LogP contribution in [0.25, 0.3) is 22.2 Å². The van der Waals surface area contributed by atoms with Crippen LogP contribution in [0.3, 0.4) is 0 Å². The fourth-order valence-electron chi connectivity index (χ4n) is 8.22. The zero-order valence-corrected chi connectivity index (χ0v) is 32.5. The molecule has 1 aliphatic carbocycles. The maximum absolute atomic E-state index is 14.7. The predicted octanol–water partition coefficient (Wildman–Crippen LogP) is 7.04. The number of amides is 2. The Morgan fingerprint density at radius 3 is 2.44 bits per heavy atom. The van der Waals surface area contributed by atoms with Crippen molar-refractivity contribution in [2.45, 2.75) is 116 Å². The molecule has 11 nitrogen and oxygen atoms in total. The zero-order valence-electron chi connectivity index (χ0n) is 32.5. The second-order valence-corrected chi connectivity index (χ2v) is 16.2. The molecule has 0 bridgehead atoms. The van der Waals surface area contributed by atoms with Crippen LogP contribution >= 0.6 is 0 Å². The predicted molar refractivity (Wildman–Crippen MR) is 205 cm³/mol. The van der Waals surface area contributed by atoms with Gasteiger partial charge in [-0.1, -0.05) is 69.4 Å². The van der Waals surface area contributed by atoms with Gasteiger partial charge in [-0.3, -0.25) is 14.4 Å². The highest BCUT2D eigenvalue weighted by molar-refractivity contribution is 5.96. The number of ether oxygens (including phenoxy) is 4. The Balaban J connectivity index is 1.35. The van der Waals surface area contributed by atoms with Gasteiger partial charge in [-0.2, -0.15) is 0 Å². The number of carbonyl (C=O) groups excluding carboxylic acids is 4. The number of methoxy groups -OCH3 is 1. The molecule has 2 amide bonds. The van der Waals surface area contributed by atoms with Crippen molar-refractivity contribution in [3.05, 3.63) is 54.6 Å². The number of esters is 2. The molecule has 6 atom stereocenters. The van der Waals surface area contributed by atoms with Gasteiger partial charge in [0.2, 0.25) is 11.8 Å². The topological polar surface area (TPSA) is 133 Å². The number of nitrogens with one attached hydrogen (secondary N) is 1. The summed E-state index contributed by atoms with van der Waals surface area (Å²) in [4.78, 5) is 62.3. The van der Waals surface area contributed by atoms with E-state index < -0.39 is 47.0 Å². The van der Waals surface area contributed by atoms with Crippen molar-refractivity contribution in [2.24, 2.45) is 17.8 Å². The fourth-order valence-corrected chi connectivity index (χ4v) is 8.22. The number of hydrogen-bond donors (Lipinski definition) is 1. The standard InChI is InChI=1S/C43H55N3O8/c1-7-52-41(50)43-25-33(43)27(2)15-11-8-9-12-18-29(21-38(47)54-42(3,4)5)40(49)46-26-31(23-36(46)39(48)45-43)53-37-24-34(28-16-13-10-14-17-28)44-35-22-30(51-6)19-20-32(35)37/h10,13-14,16-17,19-20,22,24,27,29,31,33,36H,7-9,11-12,15,18,21,23,25-26H2,1-6H3,(H,45,48)/t27?,29-,31-,33+,36+,43-/m1/s1. The molecule has 2 aliphatic heterocycles. The van der Waals surface area contributed by atoms with Crippen molar-refractivity contribution in [3.63, 3.8) is 0 Å². The Hall–Kier alpha value is -4.67. The molecule has 3 fully saturated rings. The first-order valence-corrected chi connectivity index (χ1v) is 19.5. The van der Waals surface area contributed by atoms with Crippen molar-refractivity contribution in [2.75, 3.05) is 20.3 Å². The van der Waals surface area contributed by atoms with E-state index in [1.807, 2.05) is 54.6 Å². The Bertz CT molecular complexity index is 1840. The summed E-state index contributed by atoms with van der Waals surface area (Å²) < 4.78 is 23.5. The van der Waals surface area contributed by atoms with Crippen LogP contribution in [0.15, 0.2) is 54.6 Å². The van der Waals surface area contributed by atoms with Crippen molar-refractivity contribution in [1.82, 2.24) is 15.2 Å². The number of rotatable bonds is 8. The average molecular weight is 742 g/mol. The number of hydrogen-bond acceptors (Lipinski definition) is 9. The first-order chi connectivity index (χ1) is 25.8. The van der Waals surface area contributed by atoms with Crippen LogP contribution in [0.5, 0.6) is 11.5 Å². The van der Waals surface area contributed by atoms with Crippen LogP contribution < -0.4 is 14.8 Å². The van der Waals surface area contributed by atoms with Crippen molar-refractivity contribution in [3.8, 4) is 22.8 Å². The second-order valence-electron chi connectivity index (χ2n) is 16.2. The van der Waals surface area contributed by atoms with Gasteiger partial charge < -0.3 is 29.2 Å². The normalized spacial score (nSPS) is 26.4. The Morgan fingerprint density at radius 1 is 1.00 bits per heavy atom. The van der Waals surface area contributed by atoms with E-state index in [0.717, 1.165) is 43.1 Å². The van der Waals surface area contributed by atoms with E-state index in [2.05, 4.69) is 12.2 Å². The van der Waals surface area contributed by atoms with E-state index in [1.54, 1.807) is 39.7 Å². The van der Waals surface area contributed by atoms with Crippen LogP contribution in [0.4, 0.5) is 0 Å². The summed E-state index contributed by atoms with van der Waals surface area (Å²) in [6.45, 7) is 9.63. The molecule has 3 heterocycles. The molecule has 0 radical (unpaired) electrons. The smallest absolute Gasteiger partial charge is 0.332 e. The molecule has 2 aromatic carbocycles. The van der Waals surface area contributed by atoms with Gasteiger partial charge in [0.1, 0.15) is 34.8 Å². The van der Waals surface area contributed by atoms with Gasteiger partial charge in [-0.15, -0.1) is 0 Å². The van der Waals surface area contributed by atoms with Crippen LogP contribution in [0.2, 0.25) is 0 Å². The summed E-state index contributed by atoms with van der Waals surface area (Å²) >= 11 is 0. The quantitative estimate of drug-likeness (QED) is 0.242. The second kappa shape index (κ2) is 16.4. The molecule has 1 saturated carbocycles. The molecule has 1 aromatic heterocycles. The third-order valence-electron chi connectivity index (χ3n) is 11.0. The molecule has 54 heavy (non-hydrogen) atoms. The lowest BCUT2D eigenvalue weighted by atomic mass is 9.93. The molecule has 6 rings (SSSR count). The van der Waals surface area contributed by atoms with E-state index in [4.69, 9.17) is 23.9 Å². The molecule has 1 N–H and O–H groups in total. The number of nitrogens with zero attached hydrogens (tertiary/aromatic N) is 2. The highest BCUT2D eigenvalue weighted by atomic mass is 16.6. The van der Waals surface area contributed by atoms with E-state index in [1.165, 1.54) is 0 Å². The van der Waals surface area contributed by atoms with E-state index in [9.17, 15) is 19.2 Å².